The van der Waals surface area contributed by atoms with Crippen LogP contribution >= 0.6 is 11.6 Å². The van der Waals surface area contributed by atoms with Gasteiger partial charge in [0.05, 0.1) is 12.1 Å². The predicted octanol–water partition coefficient (Wildman–Crippen LogP) is 3.30. The van der Waals surface area contributed by atoms with E-state index in [1.165, 1.54) is 17.0 Å². The Morgan fingerprint density at radius 1 is 1.26 bits per heavy atom. The fraction of sp³-hybridized carbons (Fsp3) is 0.0588. The van der Waals surface area contributed by atoms with E-state index in [2.05, 4.69) is 6.58 Å². The van der Waals surface area contributed by atoms with Gasteiger partial charge in [-0.05, 0) is 42.0 Å². The molecule has 0 fully saturated rings. The Bertz CT molecular complexity index is 777. The molecule has 6 heteroatoms. The molecule has 23 heavy (non-hydrogen) atoms. The maximum absolute atomic E-state index is 13.9. The van der Waals surface area contributed by atoms with E-state index in [1.54, 1.807) is 24.3 Å². The number of nitrogens with two attached hydrogens (primary N) is 1. The van der Waals surface area contributed by atoms with Gasteiger partial charge >= 0.3 is 0 Å². The highest BCUT2D eigenvalue weighted by atomic mass is 35.5. The summed E-state index contributed by atoms with van der Waals surface area (Å²) in [6, 6.07) is 10.8. The minimum atomic E-state index is -0.870. The number of halogens is 2. The number of carbonyl (C=O) groups is 2. The van der Waals surface area contributed by atoms with Crippen LogP contribution in [0.2, 0.25) is 5.02 Å². The highest BCUT2D eigenvalue weighted by Crippen LogP contribution is 2.22. The molecule has 0 saturated carbocycles. The predicted molar refractivity (Wildman–Crippen MR) is 87.8 cm³/mol. The van der Waals surface area contributed by atoms with E-state index >= 15 is 0 Å². The van der Waals surface area contributed by atoms with Crippen LogP contribution < -0.4 is 10.6 Å². The first-order valence-corrected chi connectivity index (χ1v) is 7.08. The molecule has 0 atom stereocenters. The standard InChI is InChI=1S/C17H14ClFN2O2/c1-2-16(22)21(10-11-4-3-5-12(18)8-11)13-6-7-14(17(20)23)15(19)9-13/h2-9H,1,10H2,(H2,20,23). The van der Waals surface area contributed by atoms with Gasteiger partial charge in [-0.15, -0.1) is 0 Å². The van der Waals surface area contributed by atoms with Crippen LogP contribution in [0.1, 0.15) is 15.9 Å². The summed E-state index contributed by atoms with van der Waals surface area (Å²) in [5.41, 5.74) is 5.90. The van der Waals surface area contributed by atoms with Gasteiger partial charge in [-0.2, -0.15) is 0 Å². The third kappa shape index (κ3) is 3.96. The van der Waals surface area contributed by atoms with Gasteiger partial charge in [0.1, 0.15) is 5.82 Å². The Hall–Kier alpha value is -2.66. The molecule has 0 heterocycles. The van der Waals surface area contributed by atoms with Gasteiger partial charge in [-0.3, -0.25) is 9.59 Å². The second-order valence-corrected chi connectivity index (χ2v) is 5.22. The fourth-order valence-corrected chi connectivity index (χ4v) is 2.31. The molecule has 0 aromatic heterocycles. The molecule has 0 aliphatic heterocycles. The highest BCUT2D eigenvalue weighted by Gasteiger charge is 2.17. The third-order valence-electron chi connectivity index (χ3n) is 3.20. The van der Waals surface area contributed by atoms with Crippen LogP contribution in [0.25, 0.3) is 0 Å². The zero-order valence-corrected chi connectivity index (χ0v) is 12.9. The molecular formula is C17H14ClFN2O2. The van der Waals surface area contributed by atoms with Crippen molar-refractivity contribution in [3.8, 4) is 0 Å². The van der Waals surface area contributed by atoms with Crippen molar-refractivity contribution in [3.63, 3.8) is 0 Å². The summed E-state index contributed by atoms with van der Waals surface area (Å²) in [5.74, 6) is -2.07. The average molecular weight is 333 g/mol. The Morgan fingerprint density at radius 2 is 2.00 bits per heavy atom. The number of rotatable bonds is 5. The highest BCUT2D eigenvalue weighted by molar-refractivity contribution is 6.30. The second kappa shape index (κ2) is 7.07. The summed E-state index contributed by atoms with van der Waals surface area (Å²) < 4.78 is 13.9. The largest absolute Gasteiger partial charge is 0.366 e. The molecule has 0 radical (unpaired) electrons. The minimum Gasteiger partial charge on any atom is -0.366 e. The molecule has 0 aliphatic rings. The van der Waals surface area contributed by atoms with Gasteiger partial charge in [0.25, 0.3) is 11.8 Å². The van der Waals surface area contributed by atoms with Crippen molar-refractivity contribution >= 4 is 29.1 Å². The van der Waals surface area contributed by atoms with E-state index in [4.69, 9.17) is 17.3 Å². The molecule has 2 amide bonds. The Kier molecular flexibility index (Phi) is 5.13. The number of anilines is 1. The van der Waals surface area contributed by atoms with Gasteiger partial charge in [-0.1, -0.05) is 30.3 Å². The van der Waals surface area contributed by atoms with Crippen LogP contribution in [-0.2, 0) is 11.3 Å². The maximum atomic E-state index is 13.9. The lowest BCUT2D eigenvalue weighted by Gasteiger charge is -2.22. The van der Waals surface area contributed by atoms with Crippen molar-refractivity contribution in [2.75, 3.05) is 4.90 Å². The van der Waals surface area contributed by atoms with Crippen LogP contribution in [0.15, 0.2) is 55.1 Å². The van der Waals surface area contributed by atoms with Gasteiger partial charge < -0.3 is 10.6 Å². The van der Waals surface area contributed by atoms with E-state index in [0.29, 0.717) is 5.02 Å². The molecule has 0 aliphatic carbocycles. The minimum absolute atomic E-state index is 0.181. The summed E-state index contributed by atoms with van der Waals surface area (Å²) in [7, 11) is 0. The number of amides is 2. The molecule has 0 saturated heterocycles. The first kappa shape index (κ1) is 16.7. The van der Waals surface area contributed by atoms with E-state index < -0.39 is 17.6 Å². The van der Waals surface area contributed by atoms with Crippen molar-refractivity contribution in [2.24, 2.45) is 5.73 Å². The Balaban J connectivity index is 2.39. The number of hydrogen-bond acceptors (Lipinski definition) is 2. The summed E-state index contributed by atoms with van der Waals surface area (Å²) in [5, 5.41) is 0.531. The lowest BCUT2D eigenvalue weighted by atomic mass is 10.1. The summed E-state index contributed by atoms with van der Waals surface area (Å²) in [6.07, 6.45) is 1.13. The topological polar surface area (TPSA) is 63.4 Å². The number of primary amides is 1. The molecule has 0 unspecified atom stereocenters. The van der Waals surface area contributed by atoms with Crippen LogP contribution in [0, 0.1) is 5.82 Å². The van der Waals surface area contributed by atoms with Gasteiger partial charge in [0, 0.05) is 10.7 Å². The second-order valence-electron chi connectivity index (χ2n) is 4.79. The van der Waals surface area contributed by atoms with Gasteiger partial charge in [-0.25, -0.2) is 4.39 Å². The number of carbonyl (C=O) groups excluding carboxylic acids is 2. The van der Waals surface area contributed by atoms with E-state index in [1.807, 2.05) is 0 Å². The van der Waals surface area contributed by atoms with Crippen LogP contribution in [0.5, 0.6) is 0 Å². The molecule has 2 rings (SSSR count). The summed E-state index contributed by atoms with van der Waals surface area (Å²) in [6.45, 7) is 3.63. The number of benzene rings is 2. The lowest BCUT2D eigenvalue weighted by Crippen LogP contribution is -2.29. The summed E-state index contributed by atoms with van der Waals surface area (Å²) >= 11 is 5.93. The van der Waals surface area contributed by atoms with Crippen LogP contribution in [-0.4, -0.2) is 11.8 Å². The van der Waals surface area contributed by atoms with Crippen molar-refractivity contribution in [2.45, 2.75) is 6.54 Å². The van der Waals surface area contributed by atoms with Crippen molar-refractivity contribution in [3.05, 3.63) is 77.1 Å². The normalized spacial score (nSPS) is 10.2. The monoisotopic (exact) mass is 332 g/mol. The number of hydrogen-bond donors (Lipinski definition) is 1. The lowest BCUT2D eigenvalue weighted by molar-refractivity contribution is -0.114. The van der Waals surface area contributed by atoms with Gasteiger partial charge in [0.15, 0.2) is 0 Å². The quantitative estimate of drug-likeness (QED) is 0.854. The Labute approximate surface area is 138 Å². The van der Waals surface area contributed by atoms with Crippen LogP contribution in [0.4, 0.5) is 10.1 Å². The third-order valence-corrected chi connectivity index (χ3v) is 3.44. The first-order valence-electron chi connectivity index (χ1n) is 6.70. The number of nitrogens with zero attached hydrogens (tertiary/aromatic N) is 1. The molecule has 0 bridgehead atoms. The SMILES string of the molecule is C=CC(=O)N(Cc1cccc(Cl)c1)c1ccc(C(N)=O)c(F)c1. The molecule has 0 spiro atoms. The van der Waals surface area contributed by atoms with E-state index in [0.717, 1.165) is 17.7 Å². The fourth-order valence-electron chi connectivity index (χ4n) is 2.10. The maximum Gasteiger partial charge on any atom is 0.251 e. The molecule has 2 aromatic rings. The molecule has 4 nitrogen and oxygen atoms in total. The van der Waals surface area contributed by atoms with Gasteiger partial charge in [0.2, 0.25) is 0 Å². The zero-order valence-electron chi connectivity index (χ0n) is 12.1. The first-order chi connectivity index (χ1) is 10.9. The average Bonchev–Trinajstić information content (AvgIpc) is 2.51. The van der Waals surface area contributed by atoms with Crippen molar-refractivity contribution in [1.82, 2.24) is 0 Å². The summed E-state index contributed by atoms with van der Waals surface area (Å²) in [4.78, 5) is 24.5. The van der Waals surface area contributed by atoms with Crippen molar-refractivity contribution < 1.29 is 14.0 Å². The molecule has 2 aromatic carbocycles. The van der Waals surface area contributed by atoms with Crippen molar-refractivity contribution in [1.29, 1.82) is 0 Å². The molecule has 118 valence electrons. The zero-order chi connectivity index (χ0) is 17.0. The van der Waals surface area contributed by atoms with E-state index in [9.17, 15) is 14.0 Å². The molecular weight excluding hydrogens is 319 g/mol. The molecule has 2 N–H and O–H groups in total. The van der Waals surface area contributed by atoms with Crippen LogP contribution in [0.3, 0.4) is 0 Å². The smallest absolute Gasteiger partial charge is 0.251 e. The Morgan fingerprint density at radius 3 is 2.57 bits per heavy atom. The van der Waals surface area contributed by atoms with E-state index in [-0.39, 0.29) is 17.8 Å².